The molecule has 0 saturated heterocycles. The number of fused-ring (bicyclic) bond motifs is 3. The Bertz CT molecular complexity index is 1250. The molecule has 0 atom stereocenters. The summed E-state index contributed by atoms with van der Waals surface area (Å²) in [5.74, 6) is -0.342. The standard InChI is InChI=1S/C20H19N5O3S2/c1-4-12-5-7-13(8-6-12)22-14(26)9-29-20-24-23-17-15-11(2)16(19(27)28-3)30-18(15)21-10-25(17)20/h5-8,10H,4,9H2,1-3H3,(H,22,26). The molecule has 0 spiro atoms. The summed E-state index contributed by atoms with van der Waals surface area (Å²) in [5, 5.41) is 12.7. The fraction of sp³-hybridized carbons (Fsp3) is 0.250. The van der Waals surface area contributed by atoms with Gasteiger partial charge in [0.2, 0.25) is 5.91 Å². The summed E-state index contributed by atoms with van der Waals surface area (Å²) in [7, 11) is 1.35. The number of nitrogens with one attached hydrogen (secondary N) is 1. The first-order valence-corrected chi connectivity index (χ1v) is 11.0. The van der Waals surface area contributed by atoms with E-state index in [-0.39, 0.29) is 11.7 Å². The number of amides is 1. The fourth-order valence-corrected chi connectivity index (χ4v) is 4.82. The number of aryl methyl sites for hydroxylation is 2. The number of methoxy groups -OCH3 is 1. The third kappa shape index (κ3) is 3.75. The molecule has 0 aliphatic rings. The number of thiophene rings is 1. The van der Waals surface area contributed by atoms with Gasteiger partial charge in [0.25, 0.3) is 0 Å². The molecule has 4 rings (SSSR count). The number of carbonyl (C=O) groups is 2. The zero-order chi connectivity index (χ0) is 21.3. The van der Waals surface area contributed by atoms with Crippen LogP contribution in [0.5, 0.6) is 0 Å². The van der Waals surface area contributed by atoms with E-state index >= 15 is 0 Å². The Kier molecular flexibility index (Phi) is 5.69. The number of hydrogen-bond donors (Lipinski definition) is 1. The van der Waals surface area contributed by atoms with Crippen LogP contribution in [0.4, 0.5) is 5.69 Å². The number of nitrogens with zero attached hydrogens (tertiary/aromatic N) is 4. The Morgan fingerprint density at radius 3 is 2.70 bits per heavy atom. The summed E-state index contributed by atoms with van der Waals surface area (Å²) in [6.07, 6.45) is 2.56. The van der Waals surface area contributed by atoms with Gasteiger partial charge >= 0.3 is 5.97 Å². The Balaban J connectivity index is 1.53. The van der Waals surface area contributed by atoms with Crippen LogP contribution < -0.4 is 5.32 Å². The van der Waals surface area contributed by atoms with Gasteiger partial charge in [-0.25, -0.2) is 9.78 Å². The van der Waals surface area contributed by atoms with Crippen molar-refractivity contribution in [1.29, 1.82) is 0 Å². The topological polar surface area (TPSA) is 98.5 Å². The average Bonchev–Trinajstić information content (AvgIpc) is 3.33. The van der Waals surface area contributed by atoms with Crippen molar-refractivity contribution in [2.24, 2.45) is 0 Å². The van der Waals surface area contributed by atoms with Crippen LogP contribution in [0.15, 0.2) is 35.7 Å². The lowest BCUT2D eigenvalue weighted by atomic mass is 10.1. The molecular weight excluding hydrogens is 422 g/mol. The van der Waals surface area contributed by atoms with E-state index in [1.165, 1.54) is 35.8 Å². The Morgan fingerprint density at radius 2 is 2.00 bits per heavy atom. The molecule has 0 fully saturated rings. The molecule has 8 nitrogen and oxygen atoms in total. The minimum atomic E-state index is -0.397. The lowest BCUT2D eigenvalue weighted by molar-refractivity contribution is -0.113. The number of aromatic nitrogens is 4. The van der Waals surface area contributed by atoms with Crippen LogP contribution >= 0.6 is 23.1 Å². The van der Waals surface area contributed by atoms with E-state index in [9.17, 15) is 9.59 Å². The highest BCUT2D eigenvalue weighted by Crippen LogP contribution is 2.33. The van der Waals surface area contributed by atoms with Crippen molar-refractivity contribution in [3.05, 3.63) is 46.6 Å². The molecule has 1 N–H and O–H groups in total. The largest absolute Gasteiger partial charge is 0.465 e. The lowest BCUT2D eigenvalue weighted by Crippen LogP contribution is -2.14. The van der Waals surface area contributed by atoms with Gasteiger partial charge in [-0.05, 0) is 36.6 Å². The molecule has 0 saturated carbocycles. The maximum absolute atomic E-state index is 12.3. The maximum atomic E-state index is 12.3. The van der Waals surface area contributed by atoms with E-state index in [0.717, 1.165) is 23.1 Å². The number of esters is 1. The zero-order valence-corrected chi connectivity index (χ0v) is 18.3. The van der Waals surface area contributed by atoms with E-state index in [1.807, 2.05) is 31.2 Å². The summed E-state index contributed by atoms with van der Waals surface area (Å²) in [6, 6.07) is 7.79. The van der Waals surface area contributed by atoms with Crippen molar-refractivity contribution in [2.75, 3.05) is 18.2 Å². The highest BCUT2D eigenvalue weighted by Gasteiger charge is 2.21. The number of carbonyl (C=O) groups excluding carboxylic acids is 2. The van der Waals surface area contributed by atoms with Gasteiger partial charge < -0.3 is 10.1 Å². The molecule has 0 aliphatic heterocycles. The highest BCUT2D eigenvalue weighted by molar-refractivity contribution is 7.99. The van der Waals surface area contributed by atoms with Gasteiger partial charge in [-0.2, -0.15) is 0 Å². The maximum Gasteiger partial charge on any atom is 0.348 e. The molecule has 0 unspecified atom stereocenters. The second-order valence-electron chi connectivity index (χ2n) is 6.54. The zero-order valence-electron chi connectivity index (χ0n) is 16.6. The number of hydrogen-bond acceptors (Lipinski definition) is 8. The molecule has 4 aromatic rings. The Hall–Kier alpha value is -2.98. The van der Waals surface area contributed by atoms with Crippen LogP contribution in [-0.2, 0) is 16.0 Å². The first-order valence-electron chi connectivity index (χ1n) is 9.24. The van der Waals surface area contributed by atoms with Gasteiger partial charge in [-0.15, -0.1) is 21.5 Å². The van der Waals surface area contributed by atoms with Crippen molar-refractivity contribution in [3.63, 3.8) is 0 Å². The summed E-state index contributed by atoms with van der Waals surface area (Å²) in [5.41, 5.74) is 3.34. The van der Waals surface area contributed by atoms with E-state index in [0.29, 0.717) is 20.5 Å². The van der Waals surface area contributed by atoms with Gasteiger partial charge in [0.15, 0.2) is 10.8 Å². The second kappa shape index (κ2) is 8.41. The summed E-state index contributed by atoms with van der Waals surface area (Å²) in [6.45, 7) is 3.93. The van der Waals surface area contributed by atoms with Crippen LogP contribution in [0, 0.1) is 6.92 Å². The number of ether oxygens (including phenoxy) is 1. The summed E-state index contributed by atoms with van der Waals surface area (Å²) in [4.78, 5) is 29.9. The average molecular weight is 442 g/mol. The van der Waals surface area contributed by atoms with Gasteiger partial charge in [0.05, 0.1) is 18.2 Å². The molecule has 30 heavy (non-hydrogen) atoms. The van der Waals surface area contributed by atoms with Crippen molar-refractivity contribution >= 4 is 56.5 Å². The summed E-state index contributed by atoms with van der Waals surface area (Å²) < 4.78 is 6.58. The van der Waals surface area contributed by atoms with Crippen molar-refractivity contribution in [2.45, 2.75) is 25.4 Å². The summed E-state index contributed by atoms with van der Waals surface area (Å²) >= 11 is 2.54. The quantitative estimate of drug-likeness (QED) is 0.360. The normalized spacial score (nSPS) is 11.2. The SMILES string of the molecule is CCc1ccc(NC(=O)CSc2nnc3c4c(C)c(C(=O)OC)sc4ncn23)cc1. The molecule has 0 aliphatic carbocycles. The highest BCUT2D eigenvalue weighted by atomic mass is 32.2. The fourth-order valence-electron chi connectivity index (χ4n) is 3.05. The molecule has 3 aromatic heterocycles. The Morgan fingerprint density at radius 1 is 1.23 bits per heavy atom. The van der Waals surface area contributed by atoms with Crippen LogP contribution in [0.2, 0.25) is 0 Å². The van der Waals surface area contributed by atoms with E-state index < -0.39 is 5.97 Å². The second-order valence-corrected chi connectivity index (χ2v) is 8.48. The number of benzene rings is 1. The Labute approximate surface area is 180 Å². The number of thioether (sulfide) groups is 1. The minimum Gasteiger partial charge on any atom is -0.465 e. The lowest BCUT2D eigenvalue weighted by Gasteiger charge is -2.05. The van der Waals surface area contributed by atoms with E-state index in [1.54, 1.807) is 10.7 Å². The van der Waals surface area contributed by atoms with Crippen molar-refractivity contribution in [3.8, 4) is 0 Å². The van der Waals surface area contributed by atoms with Crippen molar-refractivity contribution < 1.29 is 14.3 Å². The molecule has 1 aromatic carbocycles. The predicted octanol–water partition coefficient (Wildman–Crippen LogP) is 3.73. The van der Waals surface area contributed by atoms with Crippen LogP contribution in [0.25, 0.3) is 15.9 Å². The van der Waals surface area contributed by atoms with E-state index in [2.05, 4.69) is 27.4 Å². The predicted molar refractivity (Wildman–Crippen MR) is 117 cm³/mol. The first kappa shape index (κ1) is 20.3. The van der Waals surface area contributed by atoms with Crippen LogP contribution in [0.3, 0.4) is 0 Å². The molecule has 0 radical (unpaired) electrons. The third-order valence-corrected chi connectivity index (χ3v) is 6.78. The molecule has 1 amide bonds. The van der Waals surface area contributed by atoms with Crippen molar-refractivity contribution in [1.82, 2.24) is 19.6 Å². The molecular formula is C20H19N5O3S2. The van der Waals surface area contributed by atoms with Gasteiger partial charge in [0.1, 0.15) is 16.0 Å². The third-order valence-electron chi connectivity index (χ3n) is 4.66. The van der Waals surface area contributed by atoms with Gasteiger partial charge in [-0.3, -0.25) is 9.20 Å². The molecule has 3 heterocycles. The molecule has 0 bridgehead atoms. The smallest absolute Gasteiger partial charge is 0.348 e. The molecule has 154 valence electrons. The number of anilines is 1. The van der Waals surface area contributed by atoms with Gasteiger partial charge in [0, 0.05) is 5.69 Å². The number of rotatable bonds is 6. The molecule has 10 heteroatoms. The van der Waals surface area contributed by atoms with E-state index in [4.69, 9.17) is 4.74 Å². The monoisotopic (exact) mass is 441 g/mol. The minimum absolute atomic E-state index is 0.130. The van der Waals surface area contributed by atoms with Crippen LogP contribution in [0.1, 0.15) is 27.7 Å². The first-order chi connectivity index (χ1) is 14.5. The van der Waals surface area contributed by atoms with Crippen LogP contribution in [-0.4, -0.2) is 44.3 Å². The van der Waals surface area contributed by atoms with Gasteiger partial charge in [-0.1, -0.05) is 30.8 Å².